The molecule has 1 saturated heterocycles. The van der Waals surface area contributed by atoms with Gasteiger partial charge in [0.15, 0.2) is 0 Å². The quantitative estimate of drug-likeness (QED) is 0.677. The van der Waals surface area contributed by atoms with Crippen molar-refractivity contribution in [3.05, 3.63) is 65.7 Å². The molecule has 2 aromatic carbocycles. The summed E-state index contributed by atoms with van der Waals surface area (Å²) in [7, 11) is 0. The summed E-state index contributed by atoms with van der Waals surface area (Å²) in [4.78, 5) is 14.5. The average Bonchev–Trinajstić information content (AvgIpc) is 2.74. The number of rotatable bonds is 7. The van der Waals surface area contributed by atoms with Crippen LogP contribution in [0.3, 0.4) is 0 Å². The molecule has 0 saturated carbocycles. The zero-order valence-corrected chi connectivity index (χ0v) is 18.8. The first-order chi connectivity index (χ1) is 14.5. The van der Waals surface area contributed by atoms with E-state index in [1.165, 1.54) is 17.5 Å². The van der Waals surface area contributed by atoms with E-state index in [2.05, 4.69) is 49.2 Å². The molecular weight excluding hydrogens is 372 g/mol. The second-order valence-electron chi connectivity index (χ2n) is 8.31. The zero-order valence-electron chi connectivity index (χ0n) is 18.8. The Morgan fingerprint density at radius 2 is 1.87 bits per heavy atom. The fourth-order valence-electron chi connectivity index (χ4n) is 4.03. The summed E-state index contributed by atoms with van der Waals surface area (Å²) in [6, 6.07) is 17.8. The van der Waals surface area contributed by atoms with Crippen molar-refractivity contribution in [3.8, 4) is 5.75 Å². The van der Waals surface area contributed by atoms with E-state index in [1.54, 1.807) is 6.07 Å². The second kappa shape index (κ2) is 13.1. The van der Waals surface area contributed by atoms with Crippen LogP contribution in [0, 0.1) is 5.92 Å². The van der Waals surface area contributed by atoms with E-state index in [0.717, 1.165) is 32.5 Å². The van der Waals surface area contributed by atoms with E-state index >= 15 is 0 Å². The van der Waals surface area contributed by atoms with E-state index in [-0.39, 0.29) is 5.91 Å². The molecule has 0 aliphatic carbocycles. The predicted molar refractivity (Wildman–Crippen MR) is 125 cm³/mol. The Morgan fingerprint density at radius 1 is 1.13 bits per heavy atom. The standard InChI is InChI=1S/C23H30N2O2.C3H8/c1-18-17-25(14-12-22(18)20-8-5-9-21(26)16-20)15-13-24-23(27)11-10-19-6-3-2-4-7-19;1-3-2/h2-9,16,18,22,26H,10-15,17H2,1H3,(H,24,27);3H2,1-2H3. The molecule has 0 radical (unpaired) electrons. The first-order valence-corrected chi connectivity index (χ1v) is 11.3. The van der Waals surface area contributed by atoms with Crippen LogP contribution < -0.4 is 5.32 Å². The van der Waals surface area contributed by atoms with E-state index in [9.17, 15) is 9.90 Å². The summed E-state index contributed by atoms with van der Waals surface area (Å²) in [5, 5.41) is 12.8. The Labute approximate surface area is 182 Å². The Bertz CT molecular complexity index is 748. The molecule has 1 aliphatic rings. The third kappa shape index (κ3) is 8.19. The van der Waals surface area contributed by atoms with Crippen LogP contribution in [-0.2, 0) is 11.2 Å². The highest BCUT2D eigenvalue weighted by Crippen LogP contribution is 2.33. The molecule has 2 atom stereocenters. The minimum absolute atomic E-state index is 0.126. The highest BCUT2D eigenvalue weighted by molar-refractivity contribution is 5.76. The maximum Gasteiger partial charge on any atom is 0.220 e. The maximum atomic E-state index is 12.0. The molecule has 0 bridgehead atoms. The number of phenols is 1. The number of aryl methyl sites for hydroxylation is 1. The molecule has 2 unspecified atom stereocenters. The van der Waals surface area contributed by atoms with Crippen molar-refractivity contribution in [2.45, 2.75) is 52.4 Å². The number of nitrogens with one attached hydrogen (secondary N) is 1. The molecule has 2 N–H and O–H groups in total. The van der Waals surface area contributed by atoms with Crippen LogP contribution in [0.15, 0.2) is 54.6 Å². The topological polar surface area (TPSA) is 52.6 Å². The van der Waals surface area contributed by atoms with Gasteiger partial charge in [-0.3, -0.25) is 4.79 Å². The number of likely N-dealkylation sites (tertiary alicyclic amines) is 1. The number of nitrogens with zero attached hydrogens (tertiary/aromatic N) is 1. The fourth-order valence-corrected chi connectivity index (χ4v) is 4.03. The smallest absolute Gasteiger partial charge is 0.220 e. The van der Waals surface area contributed by atoms with Gasteiger partial charge in [0.1, 0.15) is 5.75 Å². The first kappa shape index (κ1) is 23.9. The Kier molecular flexibility index (Phi) is 10.4. The van der Waals surface area contributed by atoms with Crippen LogP contribution in [0.5, 0.6) is 5.75 Å². The molecule has 1 heterocycles. The molecule has 4 heteroatoms. The zero-order chi connectivity index (χ0) is 21.8. The molecule has 4 nitrogen and oxygen atoms in total. The van der Waals surface area contributed by atoms with Crippen molar-refractivity contribution in [3.63, 3.8) is 0 Å². The van der Waals surface area contributed by atoms with Crippen LogP contribution in [-0.4, -0.2) is 42.1 Å². The summed E-state index contributed by atoms with van der Waals surface area (Å²) in [5.41, 5.74) is 2.44. The van der Waals surface area contributed by atoms with Crippen LogP contribution in [0.2, 0.25) is 0 Å². The summed E-state index contributed by atoms with van der Waals surface area (Å²) >= 11 is 0. The van der Waals surface area contributed by atoms with Gasteiger partial charge in [-0.2, -0.15) is 0 Å². The van der Waals surface area contributed by atoms with Crippen LogP contribution in [0.4, 0.5) is 0 Å². The molecule has 1 amide bonds. The highest BCUT2D eigenvalue weighted by Gasteiger charge is 2.27. The largest absolute Gasteiger partial charge is 0.508 e. The number of benzene rings is 2. The molecule has 1 fully saturated rings. The molecule has 3 rings (SSSR count). The normalized spacial score (nSPS) is 18.9. The van der Waals surface area contributed by atoms with Gasteiger partial charge in [-0.15, -0.1) is 0 Å². The van der Waals surface area contributed by atoms with Gasteiger partial charge in [0.05, 0.1) is 0 Å². The lowest BCUT2D eigenvalue weighted by Gasteiger charge is -2.37. The average molecular weight is 411 g/mol. The van der Waals surface area contributed by atoms with Gasteiger partial charge in [0, 0.05) is 26.1 Å². The molecule has 0 aromatic heterocycles. The van der Waals surface area contributed by atoms with Crippen molar-refractivity contribution in [2.75, 3.05) is 26.2 Å². The molecule has 1 aliphatic heterocycles. The van der Waals surface area contributed by atoms with E-state index in [4.69, 9.17) is 0 Å². The van der Waals surface area contributed by atoms with Crippen molar-refractivity contribution < 1.29 is 9.90 Å². The highest BCUT2D eigenvalue weighted by atomic mass is 16.3. The van der Waals surface area contributed by atoms with Crippen molar-refractivity contribution in [1.82, 2.24) is 10.2 Å². The van der Waals surface area contributed by atoms with Crippen LogP contribution >= 0.6 is 0 Å². The van der Waals surface area contributed by atoms with E-state index in [0.29, 0.717) is 30.6 Å². The van der Waals surface area contributed by atoms with Crippen LogP contribution in [0.1, 0.15) is 57.1 Å². The number of carbonyl (C=O) groups is 1. The Balaban J connectivity index is 0.00000101. The lowest BCUT2D eigenvalue weighted by Crippen LogP contribution is -2.42. The number of hydrogen-bond donors (Lipinski definition) is 2. The number of piperidine rings is 1. The van der Waals surface area contributed by atoms with E-state index < -0.39 is 0 Å². The van der Waals surface area contributed by atoms with Gasteiger partial charge in [-0.05, 0) is 54.5 Å². The van der Waals surface area contributed by atoms with Crippen LogP contribution in [0.25, 0.3) is 0 Å². The SMILES string of the molecule is CC1CN(CCNC(=O)CCc2ccccc2)CCC1c1cccc(O)c1.CCC. The Morgan fingerprint density at radius 3 is 2.53 bits per heavy atom. The summed E-state index contributed by atoms with van der Waals surface area (Å²) in [6.07, 6.45) is 3.67. The third-order valence-corrected chi connectivity index (χ3v) is 5.52. The van der Waals surface area contributed by atoms with Gasteiger partial charge in [0.2, 0.25) is 5.91 Å². The number of phenolic OH excluding ortho intramolecular Hbond substituents is 1. The van der Waals surface area contributed by atoms with Gasteiger partial charge in [-0.1, -0.05) is 69.7 Å². The predicted octanol–water partition coefficient (Wildman–Crippen LogP) is 4.98. The monoisotopic (exact) mass is 410 g/mol. The Hall–Kier alpha value is -2.33. The van der Waals surface area contributed by atoms with E-state index in [1.807, 2.05) is 30.3 Å². The maximum absolute atomic E-state index is 12.0. The third-order valence-electron chi connectivity index (χ3n) is 5.52. The molecule has 2 aromatic rings. The lowest BCUT2D eigenvalue weighted by atomic mass is 9.81. The molecular formula is C26H38N2O2. The van der Waals surface area contributed by atoms with Crippen molar-refractivity contribution in [2.24, 2.45) is 5.92 Å². The minimum Gasteiger partial charge on any atom is -0.508 e. The van der Waals surface area contributed by atoms with Gasteiger partial charge >= 0.3 is 0 Å². The second-order valence-corrected chi connectivity index (χ2v) is 8.31. The minimum atomic E-state index is 0.126. The van der Waals surface area contributed by atoms with Gasteiger partial charge < -0.3 is 15.3 Å². The number of amides is 1. The summed E-state index contributed by atoms with van der Waals surface area (Å²) in [5.74, 6) is 1.50. The number of hydrogen-bond acceptors (Lipinski definition) is 3. The summed E-state index contributed by atoms with van der Waals surface area (Å²) < 4.78 is 0. The first-order valence-electron chi connectivity index (χ1n) is 11.3. The lowest BCUT2D eigenvalue weighted by molar-refractivity contribution is -0.121. The molecule has 0 spiro atoms. The molecule has 30 heavy (non-hydrogen) atoms. The number of aromatic hydroxyl groups is 1. The number of carbonyl (C=O) groups excluding carboxylic acids is 1. The summed E-state index contributed by atoms with van der Waals surface area (Å²) in [6.45, 7) is 10.2. The molecule has 164 valence electrons. The van der Waals surface area contributed by atoms with Crippen molar-refractivity contribution in [1.29, 1.82) is 0 Å². The fraction of sp³-hybridized carbons (Fsp3) is 0.500. The van der Waals surface area contributed by atoms with Gasteiger partial charge in [0.25, 0.3) is 0 Å². The van der Waals surface area contributed by atoms with Gasteiger partial charge in [-0.25, -0.2) is 0 Å². The van der Waals surface area contributed by atoms with Crippen molar-refractivity contribution >= 4 is 5.91 Å².